The lowest BCUT2D eigenvalue weighted by Crippen LogP contribution is -2.55. The van der Waals surface area contributed by atoms with E-state index in [-0.39, 0.29) is 12.5 Å². The van der Waals surface area contributed by atoms with Crippen molar-refractivity contribution in [1.82, 2.24) is 0 Å². The molecule has 0 saturated carbocycles. The van der Waals surface area contributed by atoms with Gasteiger partial charge in [-0.2, -0.15) is 0 Å². The Morgan fingerprint density at radius 1 is 1.14 bits per heavy atom. The summed E-state index contributed by atoms with van der Waals surface area (Å²) in [5.41, 5.74) is 7.01. The van der Waals surface area contributed by atoms with Gasteiger partial charge in [-0.25, -0.2) is 0 Å². The van der Waals surface area contributed by atoms with E-state index in [1.165, 1.54) is 5.56 Å². The molecule has 0 unspecified atom stereocenters. The first-order valence-corrected chi connectivity index (χ1v) is 6.86. The lowest BCUT2D eigenvalue weighted by atomic mass is 10.0. The minimum Gasteiger partial charge on any atom is -0.550 e. The predicted octanol–water partition coefficient (Wildman–Crippen LogP) is 0.997. The quantitative estimate of drug-likeness (QED) is 0.860. The van der Waals surface area contributed by atoms with Crippen molar-refractivity contribution in [3.05, 3.63) is 65.2 Å². The third kappa shape index (κ3) is 4.61. The maximum absolute atomic E-state index is 10.6. The van der Waals surface area contributed by atoms with E-state index in [2.05, 4.69) is 17.9 Å². The molecule has 4 nitrogen and oxygen atoms in total. The number of carboxylic acid groups (broad SMARTS) is 1. The van der Waals surface area contributed by atoms with Gasteiger partial charge in [-0.1, -0.05) is 29.8 Å². The first-order chi connectivity index (χ1) is 10.0. The second kappa shape index (κ2) is 6.90. The van der Waals surface area contributed by atoms with Crippen molar-refractivity contribution < 1.29 is 20.4 Å². The molecule has 2 aromatic carbocycles. The number of quaternary nitrogens is 1. The zero-order valence-electron chi connectivity index (χ0n) is 12.0. The van der Waals surface area contributed by atoms with E-state index >= 15 is 0 Å². The minimum atomic E-state index is -1.09. The highest BCUT2D eigenvalue weighted by molar-refractivity contribution is 5.65. The Morgan fingerprint density at radius 2 is 1.76 bits per heavy atom. The molecular weight excluding hydrogens is 266 g/mol. The maximum Gasteiger partial charge on any atom is 0.119 e. The number of benzene rings is 2. The lowest BCUT2D eigenvalue weighted by molar-refractivity contribution is -0.430. The SMILES string of the molecule is Cc1ccc(COc2ccc([C@@H]([NH3+])CC(=O)[O-])cc2)cc1. The average Bonchev–Trinajstić information content (AvgIpc) is 2.46. The van der Waals surface area contributed by atoms with Gasteiger partial charge in [-0.3, -0.25) is 0 Å². The third-order valence-corrected chi connectivity index (χ3v) is 3.29. The van der Waals surface area contributed by atoms with Crippen LogP contribution in [0.5, 0.6) is 5.75 Å². The number of carbonyl (C=O) groups is 1. The van der Waals surface area contributed by atoms with Crippen LogP contribution in [0, 0.1) is 6.92 Å². The number of rotatable bonds is 6. The Morgan fingerprint density at radius 3 is 2.33 bits per heavy atom. The zero-order valence-corrected chi connectivity index (χ0v) is 12.0. The van der Waals surface area contributed by atoms with Crippen molar-refractivity contribution in [2.45, 2.75) is 26.0 Å². The summed E-state index contributed by atoms with van der Waals surface area (Å²) in [4.78, 5) is 10.6. The van der Waals surface area contributed by atoms with Crippen LogP contribution < -0.4 is 15.6 Å². The van der Waals surface area contributed by atoms with Crippen LogP contribution in [-0.2, 0) is 11.4 Å². The number of carboxylic acids is 1. The molecule has 0 aliphatic carbocycles. The van der Waals surface area contributed by atoms with Crippen LogP contribution in [0.25, 0.3) is 0 Å². The van der Waals surface area contributed by atoms with Crippen LogP contribution >= 0.6 is 0 Å². The Kier molecular flexibility index (Phi) is 4.95. The fraction of sp³-hybridized carbons (Fsp3) is 0.235. The van der Waals surface area contributed by atoms with Gasteiger partial charge in [0.05, 0.1) is 0 Å². The standard InChI is InChI=1S/C17H19NO3/c1-12-2-4-13(5-3-12)11-21-15-8-6-14(7-9-15)16(18)10-17(19)20/h2-9,16H,10-11,18H2,1H3,(H,19,20)/t16-/m0/s1. The van der Waals surface area contributed by atoms with Gasteiger partial charge in [0, 0.05) is 18.0 Å². The molecule has 2 rings (SSSR count). The van der Waals surface area contributed by atoms with E-state index in [4.69, 9.17) is 4.74 Å². The van der Waals surface area contributed by atoms with Crippen molar-refractivity contribution in [2.75, 3.05) is 0 Å². The molecule has 0 radical (unpaired) electrons. The van der Waals surface area contributed by atoms with E-state index in [0.29, 0.717) is 6.61 Å². The molecule has 0 bridgehead atoms. The van der Waals surface area contributed by atoms with Crippen molar-refractivity contribution in [3.8, 4) is 5.75 Å². The predicted molar refractivity (Wildman–Crippen MR) is 77.2 cm³/mol. The summed E-state index contributed by atoms with van der Waals surface area (Å²) in [7, 11) is 0. The number of aliphatic carboxylic acids is 1. The summed E-state index contributed by atoms with van der Waals surface area (Å²) < 4.78 is 5.70. The van der Waals surface area contributed by atoms with Gasteiger partial charge in [-0.05, 0) is 36.8 Å². The summed E-state index contributed by atoms with van der Waals surface area (Å²) in [5, 5.41) is 10.6. The summed E-state index contributed by atoms with van der Waals surface area (Å²) >= 11 is 0. The first kappa shape index (κ1) is 15.1. The summed E-state index contributed by atoms with van der Waals surface area (Å²) in [6, 6.07) is 15.2. The number of ether oxygens (including phenoxy) is 1. The van der Waals surface area contributed by atoms with Gasteiger partial charge in [0.2, 0.25) is 0 Å². The molecule has 0 fully saturated rings. The largest absolute Gasteiger partial charge is 0.550 e. The number of hydrogen-bond acceptors (Lipinski definition) is 3. The van der Waals surface area contributed by atoms with Crippen molar-refractivity contribution in [1.29, 1.82) is 0 Å². The Labute approximate surface area is 124 Å². The fourth-order valence-corrected chi connectivity index (χ4v) is 2.01. The summed E-state index contributed by atoms with van der Waals surface area (Å²) in [6.07, 6.45) is -0.0798. The first-order valence-electron chi connectivity index (χ1n) is 6.86. The van der Waals surface area contributed by atoms with E-state index in [0.717, 1.165) is 16.9 Å². The molecule has 1 atom stereocenters. The monoisotopic (exact) mass is 285 g/mol. The van der Waals surface area contributed by atoms with Crippen LogP contribution in [0.3, 0.4) is 0 Å². The normalized spacial score (nSPS) is 11.9. The molecule has 0 aliphatic heterocycles. The minimum absolute atomic E-state index is 0.0798. The fourth-order valence-electron chi connectivity index (χ4n) is 2.01. The third-order valence-electron chi connectivity index (χ3n) is 3.29. The van der Waals surface area contributed by atoms with Crippen molar-refractivity contribution >= 4 is 5.97 Å². The summed E-state index contributed by atoms with van der Waals surface area (Å²) in [5.74, 6) is -0.338. The Bertz CT molecular complexity index is 590. The highest BCUT2D eigenvalue weighted by Crippen LogP contribution is 2.18. The molecule has 0 aliphatic rings. The molecule has 0 aromatic heterocycles. The molecule has 0 saturated heterocycles. The highest BCUT2D eigenvalue weighted by Gasteiger charge is 2.09. The zero-order chi connectivity index (χ0) is 15.2. The number of carbonyl (C=O) groups excluding carboxylic acids is 1. The van der Waals surface area contributed by atoms with Gasteiger partial charge in [-0.15, -0.1) is 0 Å². The second-order valence-corrected chi connectivity index (χ2v) is 5.12. The van der Waals surface area contributed by atoms with Gasteiger partial charge < -0.3 is 20.4 Å². The Balaban J connectivity index is 1.93. The molecule has 0 spiro atoms. The molecular formula is C17H19NO3. The van der Waals surface area contributed by atoms with Crippen LogP contribution in [-0.4, -0.2) is 5.97 Å². The average molecular weight is 285 g/mol. The van der Waals surface area contributed by atoms with E-state index in [1.807, 2.05) is 43.3 Å². The molecule has 0 amide bonds. The van der Waals surface area contributed by atoms with Gasteiger partial charge in [0.1, 0.15) is 18.4 Å². The number of hydrogen-bond donors (Lipinski definition) is 1. The number of aryl methyl sites for hydroxylation is 1. The maximum atomic E-state index is 10.6. The molecule has 0 heterocycles. The van der Waals surface area contributed by atoms with Crippen LogP contribution in [0.1, 0.15) is 29.2 Å². The van der Waals surface area contributed by atoms with Crippen LogP contribution in [0.15, 0.2) is 48.5 Å². The molecule has 4 heteroatoms. The van der Waals surface area contributed by atoms with Gasteiger partial charge >= 0.3 is 0 Å². The topological polar surface area (TPSA) is 77.0 Å². The van der Waals surface area contributed by atoms with Gasteiger partial charge in [0.15, 0.2) is 0 Å². The van der Waals surface area contributed by atoms with E-state index in [9.17, 15) is 9.90 Å². The lowest BCUT2D eigenvalue weighted by Gasteiger charge is -2.11. The smallest absolute Gasteiger partial charge is 0.119 e. The van der Waals surface area contributed by atoms with Crippen molar-refractivity contribution in [3.63, 3.8) is 0 Å². The highest BCUT2D eigenvalue weighted by atomic mass is 16.5. The summed E-state index contributed by atoms with van der Waals surface area (Å²) in [6.45, 7) is 2.55. The van der Waals surface area contributed by atoms with E-state index in [1.54, 1.807) is 0 Å². The molecule has 3 N–H and O–H groups in total. The molecule has 2 aromatic rings. The second-order valence-electron chi connectivity index (χ2n) is 5.12. The van der Waals surface area contributed by atoms with Crippen LogP contribution in [0.4, 0.5) is 0 Å². The van der Waals surface area contributed by atoms with E-state index < -0.39 is 5.97 Å². The van der Waals surface area contributed by atoms with Crippen molar-refractivity contribution in [2.24, 2.45) is 0 Å². The molecule has 110 valence electrons. The van der Waals surface area contributed by atoms with Crippen LogP contribution in [0.2, 0.25) is 0 Å². The molecule has 21 heavy (non-hydrogen) atoms. The Hall–Kier alpha value is -2.33. The van der Waals surface area contributed by atoms with Gasteiger partial charge in [0.25, 0.3) is 0 Å².